The van der Waals surface area contributed by atoms with E-state index < -0.39 is 0 Å². The Hall–Kier alpha value is -1.78. The maximum absolute atomic E-state index is 4.73. The summed E-state index contributed by atoms with van der Waals surface area (Å²) in [6, 6.07) is 10.3. The first-order valence-corrected chi connectivity index (χ1v) is 7.75. The van der Waals surface area contributed by atoms with Crippen molar-refractivity contribution in [2.75, 3.05) is 6.54 Å². The molecule has 0 bridgehead atoms. The summed E-state index contributed by atoms with van der Waals surface area (Å²) in [6.07, 6.45) is 3.00. The highest BCUT2D eigenvalue weighted by molar-refractivity contribution is 7.13. The van der Waals surface area contributed by atoms with E-state index in [1.54, 1.807) is 11.3 Å². The van der Waals surface area contributed by atoms with Crippen molar-refractivity contribution in [3.05, 3.63) is 47.6 Å². The van der Waals surface area contributed by atoms with Crippen LogP contribution < -0.4 is 5.32 Å². The Kier molecular flexibility index (Phi) is 4.04. The lowest BCUT2D eigenvalue weighted by Gasteiger charge is -2.02. The van der Waals surface area contributed by atoms with E-state index in [0.717, 1.165) is 41.1 Å². The Morgan fingerprint density at radius 3 is 3.00 bits per heavy atom. The van der Waals surface area contributed by atoms with Gasteiger partial charge in [0.05, 0.1) is 11.2 Å². The van der Waals surface area contributed by atoms with Gasteiger partial charge in [0.1, 0.15) is 5.01 Å². The number of pyridine rings is 1. The third-order valence-corrected chi connectivity index (χ3v) is 4.09. The summed E-state index contributed by atoms with van der Waals surface area (Å²) in [5, 5.41) is 7.75. The standard InChI is InChI=1S/C16H17N3S/c1-2-8-17-10-12-11-20-16(19-12)14-7-9-18-15-6-4-3-5-13(14)15/h3-7,9,11,17H,2,8,10H2,1H3. The van der Waals surface area contributed by atoms with E-state index in [1.807, 2.05) is 30.5 Å². The van der Waals surface area contributed by atoms with E-state index >= 15 is 0 Å². The van der Waals surface area contributed by atoms with Gasteiger partial charge < -0.3 is 5.32 Å². The van der Waals surface area contributed by atoms with Crippen molar-refractivity contribution in [1.29, 1.82) is 0 Å². The molecule has 2 aromatic heterocycles. The topological polar surface area (TPSA) is 37.8 Å². The maximum Gasteiger partial charge on any atom is 0.124 e. The second-order valence-electron chi connectivity index (χ2n) is 4.70. The second-order valence-corrected chi connectivity index (χ2v) is 5.55. The molecule has 3 rings (SSSR count). The molecule has 0 fully saturated rings. The largest absolute Gasteiger partial charge is 0.311 e. The quantitative estimate of drug-likeness (QED) is 0.723. The lowest BCUT2D eigenvalue weighted by Crippen LogP contribution is -2.13. The predicted molar refractivity (Wildman–Crippen MR) is 84.8 cm³/mol. The fourth-order valence-corrected chi connectivity index (χ4v) is 3.05. The molecule has 0 aliphatic carbocycles. The van der Waals surface area contributed by atoms with E-state index in [0.29, 0.717) is 0 Å². The molecule has 0 amide bonds. The number of hydrogen-bond donors (Lipinski definition) is 1. The van der Waals surface area contributed by atoms with Crippen LogP contribution in [0.25, 0.3) is 21.5 Å². The van der Waals surface area contributed by atoms with Crippen molar-refractivity contribution in [2.24, 2.45) is 0 Å². The SMILES string of the molecule is CCCNCc1csc(-c2ccnc3ccccc23)n1. The van der Waals surface area contributed by atoms with Crippen LogP contribution in [0, 0.1) is 0 Å². The molecule has 1 N–H and O–H groups in total. The van der Waals surface area contributed by atoms with Crippen LogP contribution in [-0.4, -0.2) is 16.5 Å². The van der Waals surface area contributed by atoms with Crippen LogP contribution in [0.4, 0.5) is 0 Å². The molecule has 0 saturated heterocycles. The zero-order valence-electron chi connectivity index (χ0n) is 11.5. The predicted octanol–water partition coefficient (Wildman–Crippen LogP) is 3.86. The molecule has 20 heavy (non-hydrogen) atoms. The minimum absolute atomic E-state index is 0.841. The van der Waals surface area contributed by atoms with Crippen LogP contribution in [0.15, 0.2) is 41.9 Å². The van der Waals surface area contributed by atoms with Gasteiger partial charge in [-0.05, 0) is 25.1 Å². The van der Waals surface area contributed by atoms with Crippen LogP contribution in [-0.2, 0) is 6.54 Å². The Morgan fingerprint density at radius 1 is 1.20 bits per heavy atom. The number of thiazole rings is 1. The molecule has 0 spiro atoms. The van der Waals surface area contributed by atoms with Crippen LogP contribution in [0.2, 0.25) is 0 Å². The number of hydrogen-bond acceptors (Lipinski definition) is 4. The van der Waals surface area contributed by atoms with Gasteiger partial charge in [0.2, 0.25) is 0 Å². The monoisotopic (exact) mass is 283 g/mol. The van der Waals surface area contributed by atoms with Gasteiger partial charge in [-0.25, -0.2) is 4.98 Å². The zero-order chi connectivity index (χ0) is 13.8. The highest BCUT2D eigenvalue weighted by Crippen LogP contribution is 2.29. The minimum Gasteiger partial charge on any atom is -0.311 e. The summed E-state index contributed by atoms with van der Waals surface area (Å²) in [6.45, 7) is 4.04. The smallest absolute Gasteiger partial charge is 0.124 e. The van der Waals surface area contributed by atoms with Gasteiger partial charge in [-0.2, -0.15) is 0 Å². The van der Waals surface area contributed by atoms with E-state index in [4.69, 9.17) is 4.98 Å². The normalized spacial score (nSPS) is 11.1. The molecule has 3 aromatic rings. The fourth-order valence-electron chi connectivity index (χ4n) is 2.19. The summed E-state index contributed by atoms with van der Waals surface area (Å²) in [4.78, 5) is 9.13. The first kappa shape index (κ1) is 13.2. The lowest BCUT2D eigenvalue weighted by molar-refractivity contribution is 0.667. The number of rotatable bonds is 5. The minimum atomic E-state index is 0.841. The highest BCUT2D eigenvalue weighted by Gasteiger charge is 2.08. The van der Waals surface area contributed by atoms with Gasteiger partial charge in [0.25, 0.3) is 0 Å². The van der Waals surface area contributed by atoms with Crippen molar-refractivity contribution in [1.82, 2.24) is 15.3 Å². The molecular weight excluding hydrogens is 266 g/mol. The van der Waals surface area contributed by atoms with Crippen molar-refractivity contribution >= 4 is 22.2 Å². The van der Waals surface area contributed by atoms with Crippen molar-refractivity contribution < 1.29 is 0 Å². The van der Waals surface area contributed by atoms with Crippen LogP contribution >= 0.6 is 11.3 Å². The Labute approximate surface area is 122 Å². The molecule has 0 radical (unpaired) electrons. The molecule has 2 heterocycles. The number of benzene rings is 1. The van der Waals surface area contributed by atoms with E-state index in [-0.39, 0.29) is 0 Å². The molecule has 1 aromatic carbocycles. The number of fused-ring (bicyclic) bond motifs is 1. The summed E-state index contributed by atoms with van der Waals surface area (Å²) in [5.41, 5.74) is 3.30. The van der Waals surface area contributed by atoms with Gasteiger partial charge in [0, 0.05) is 29.1 Å². The summed E-state index contributed by atoms with van der Waals surface area (Å²) < 4.78 is 0. The molecule has 0 saturated carbocycles. The van der Waals surface area contributed by atoms with Gasteiger partial charge in [-0.1, -0.05) is 25.1 Å². The number of para-hydroxylation sites is 1. The van der Waals surface area contributed by atoms with Gasteiger partial charge in [-0.3, -0.25) is 4.98 Å². The maximum atomic E-state index is 4.73. The van der Waals surface area contributed by atoms with Crippen LogP contribution in [0.1, 0.15) is 19.0 Å². The highest BCUT2D eigenvalue weighted by atomic mass is 32.1. The van der Waals surface area contributed by atoms with Crippen molar-refractivity contribution in [3.8, 4) is 10.6 Å². The number of nitrogens with one attached hydrogen (secondary N) is 1. The van der Waals surface area contributed by atoms with Crippen molar-refractivity contribution in [2.45, 2.75) is 19.9 Å². The van der Waals surface area contributed by atoms with Gasteiger partial charge in [-0.15, -0.1) is 11.3 Å². The third kappa shape index (κ3) is 2.71. The molecule has 0 atom stereocenters. The molecule has 0 unspecified atom stereocenters. The first-order chi connectivity index (χ1) is 9.88. The van der Waals surface area contributed by atoms with E-state index in [2.05, 4.69) is 28.7 Å². The molecule has 3 nitrogen and oxygen atoms in total. The van der Waals surface area contributed by atoms with Gasteiger partial charge >= 0.3 is 0 Å². The van der Waals surface area contributed by atoms with Crippen LogP contribution in [0.5, 0.6) is 0 Å². The van der Waals surface area contributed by atoms with E-state index in [1.165, 1.54) is 5.56 Å². The summed E-state index contributed by atoms with van der Waals surface area (Å²) in [7, 11) is 0. The Morgan fingerprint density at radius 2 is 2.10 bits per heavy atom. The Bertz CT molecular complexity index is 700. The van der Waals surface area contributed by atoms with E-state index in [9.17, 15) is 0 Å². The average Bonchev–Trinajstić information content (AvgIpc) is 2.96. The summed E-state index contributed by atoms with van der Waals surface area (Å²) >= 11 is 1.70. The molecular formula is C16H17N3S. The van der Waals surface area contributed by atoms with Gasteiger partial charge in [0.15, 0.2) is 0 Å². The molecule has 102 valence electrons. The summed E-state index contributed by atoms with van der Waals surface area (Å²) in [5.74, 6) is 0. The Balaban J connectivity index is 1.91. The second kappa shape index (κ2) is 6.11. The molecule has 4 heteroatoms. The average molecular weight is 283 g/mol. The third-order valence-electron chi connectivity index (χ3n) is 3.16. The number of aromatic nitrogens is 2. The number of nitrogens with zero attached hydrogens (tertiary/aromatic N) is 2. The molecule has 0 aliphatic rings. The molecule has 0 aliphatic heterocycles. The fraction of sp³-hybridized carbons (Fsp3) is 0.250. The lowest BCUT2D eigenvalue weighted by atomic mass is 10.1. The van der Waals surface area contributed by atoms with Crippen molar-refractivity contribution in [3.63, 3.8) is 0 Å². The zero-order valence-corrected chi connectivity index (χ0v) is 12.3. The first-order valence-electron chi connectivity index (χ1n) is 6.87. The van der Waals surface area contributed by atoms with Crippen LogP contribution in [0.3, 0.4) is 0 Å².